The Labute approximate surface area is 121 Å². The van der Waals surface area contributed by atoms with E-state index in [1.807, 2.05) is 0 Å². The molecule has 0 radical (unpaired) electrons. The van der Waals surface area contributed by atoms with Crippen LogP contribution >= 0.6 is 11.6 Å². The molecule has 0 atom stereocenters. The number of nitrogens with two attached hydrogens (primary N) is 1. The summed E-state index contributed by atoms with van der Waals surface area (Å²) in [5, 5.41) is 13.5. The first-order valence-corrected chi connectivity index (χ1v) is 6.25. The smallest absolute Gasteiger partial charge is 0.313 e. The van der Waals surface area contributed by atoms with Crippen molar-refractivity contribution >= 4 is 34.8 Å². The Kier molecular flexibility index (Phi) is 6.78. The average Bonchev–Trinajstić information content (AvgIpc) is 2.42. The fraction of sp³-hybridized carbons (Fsp3) is 0.333. The second-order valence-electron chi connectivity index (χ2n) is 3.78. The summed E-state index contributed by atoms with van der Waals surface area (Å²) < 4.78 is 4.93. The number of aliphatic hydroxyl groups is 1. The highest BCUT2D eigenvalue weighted by Gasteiger charge is 2.13. The van der Waals surface area contributed by atoms with Crippen LogP contribution in [0.3, 0.4) is 0 Å². The first kappa shape index (κ1) is 16.2. The molecule has 8 heteroatoms. The third-order valence-electron chi connectivity index (χ3n) is 2.23. The van der Waals surface area contributed by atoms with Crippen molar-refractivity contribution < 1.29 is 19.4 Å². The van der Waals surface area contributed by atoms with Gasteiger partial charge in [-0.2, -0.15) is 0 Å². The number of aliphatic hydroxyl groups excluding tert-OH is 1. The Morgan fingerprint density at radius 2 is 2.05 bits per heavy atom. The quantitative estimate of drug-likeness (QED) is 0.335. The first-order chi connectivity index (χ1) is 9.54. The van der Waals surface area contributed by atoms with Gasteiger partial charge in [-0.15, -0.1) is 0 Å². The van der Waals surface area contributed by atoms with Gasteiger partial charge in [0.25, 0.3) is 0 Å². The maximum atomic E-state index is 11.6. The minimum atomic E-state index is -0.812. The van der Waals surface area contributed by atoms with Gasteiger partial charge in [0.2, 0.25) is 0 Å². The number of ether oxygens (including phenoxy) is 1. The lowest BCUT2D eigenvalue weighted by Crippen LogP contribution is -2.37. The van der Waals surface area contributed by atoms with Gasteiger partial charge in [0.05, 0.1) is 30.5 Å². The van der Waals surface area contributed by atoms with E-state index in [2.05, 4.69) is 10.6 Å². The van der Waals surface area contributed by atoms with Crippen LogP contribution in [0, 0.1) is 0 Å². The molecule has 0 spiro atoms. The van der Waals surface area contributed by atoms with E-state index in [1.165, 1.54) is 18.2 Å². The molecule has 0 heterocycles. The summed E-state index contributed by atoms with van der Waals surface area (Å²) in [5.41, 5.74) is 6.29. The van der Waals surface area contributed by atoms with Gasteiger partial charge in [0.1, 0.15) is 0 Å². The molecule has 0 aliphatic carbocycles. The number of anilines is 2. The predicted molar refractivity (Wildman–Crippen MR) is 75.4 cm³/mol. The summed E-state index contributed by atoms with van der Waals surface area (Å²) in [6, 6.07) is 4.52. The van der Waals surface area contributed by atoms with Gasteiger partial charge < -0.3 is 26.2 Å². The number of amides is 2. The number of hydrogen-bond donors (Lipinski definition) is 4. The molecule has 5 N–H and O–H groups in total. The Morgan fingerprint density at radius 1 is 1.30 bits per heavy atom. The van der Waals surface area contributed by atoms with Gasteiger partial charge in [-0.1, -0.05) is 11.6 Å². The average molecular weight is 302 g/mol. The van der Waals surface area contributed by atoms with Crippen LogP contribution in [-0.4, -0.2) is 43.3 Å². The van der Waals surface area contributed by atoms with Crippen molar-refractivity contribution in [2.45, 2.75) is 0 Å². The van der Waals surface area contributed by atoms with E-state index in [4.69, 9.17) is 27.2 Å². The van der Waals surface area contributed by atoms with Crippen LogP contribution in [0.1, 0.15) is 0 Å². The van der Waals surface area contributed by atoms with Crippen molar-refractivity contribution in [3.63, 3.8) is 0 Å². The summed E-state index contributed by atoms with van der Waals surface area (Å²) in [5.74, 6) is -1.60. The molecule has 2 amide bonds. The number of halogens is 1. The van der Waals surface area contributed by atoms with E-state index in [0.29, 0.717) is 16.4 Å². The summed E-state index contributed by atoms with van der Waals surface area (Å²) in [6.45, 7) is 0.486. The molecule has 0 aliphatic rings. The molecule has 0 saturated heterocycles. The SMILES string of the molecule is Nc1ccc(NC(=O)C(=O)NCCOCCO)cc1Cl. The lowest BCUT2D eigenvalue weighted by Gasteiger charge is -2.07. The minimum Gasteiger partial charge on any atom is -0.398 e. The van der Waals surface area contributed by atoms with E-state index in [0.717, 1.165) is 0 Å². The van der Waals surface area contributed by atoms with Crippen LogP contribution in [-0.2, 0) is 14.3 Å². The molecular formula is C12H16ClN3O4. The van der Waals surface area contributed by atoms with E-state index in [9.17, 15) is 9.59 Å². The normalized spacial score (nSPS) is 10.1. The van der Waals surface area contributed by atoms with Gasteiger partial charge in [-0.3, -0.25) is 9.59 Å². The van der Waals surface area contributed by atoms with Crippen LogP contribution in [0.2, 0.25) is 5.02 Å². The number of nitrogens with one attached hydrogen (secondary N) is 2. The standard InChI is InChI=1S/C12H16ClN3O4/c13-9-7-8(1-2-10(9)14)16-12(19)11(18)15-3-5-20-6-4-17/h1-2,7,17H,3-6,14H2,(H,15,18)(H,16,19). The maximum Gasteiger partial charge on any atom is 0.313 e. The number of hydrogen-bond acceptors (Lipinski definition) is 5. The minimum absolute atomic E-state index is 0.0909. The first-order valence-electron chi connectivity index (χ1n) is 5.87. The summed E-state index contributed by atoms with van der Waals surface area (Å²) in [4.78, 5) is 23.0. The van der Waals surface area contributed by atoms with Crippen LogP contribution < -0.4 is 16.4 Å². The fourth-order valence-electron chi connectivity index (χ4n) is 1.28. The van der Waals surface area contributed by atoms with Crippen molar-refractivity contribution in [3.8, 4) is 0 Å². The number of carbonyl (C=O) groups is 2. The second kappa shape index (κ2) is 8.36. The molecule has 110 valence electrons. The molecule has 0 fully saturated rings. The molecule has 20 heavy (non-hydrogen) atoms. The Balaban J connectivity index is 2.37. The Morgan fingerprint density at radius 3 is 2.70 bits per heavy atom. The third kappa shape index (κ3) is 5.43. The molecule has 0 saturated carbocycles. The molecule has 1 rings (SSSR count). The van der Waals surface area contributed by atoms with Crippen LogP contribution in [0.15, 0.2) is 18.2 Å². The van der Waals surface area contributed by atoms with Gasteiger partial charge in [0, 0.05) is 12.2 Å². The number of benzene rings is 1. The van der Waals surface area contributed by atoms with E-state index >= 15 is 0 Å². The third-order valence-corrected chi connectivity index (χ3v) is 2.56. The van der Waals surface area contributed by atoms with Crippen molar-refractivity contribution in [3.05, 3.63) is 23.2 Å². The van der Waals surface area contributed by atoms with E-state index < -0.39 is 11.8 Å². The van der Waals surface area contributed by atoms with E-state index in [-0.39, 0.29) is 26.4 Å². The van der Waals surface area contributed by atoms with E-state index in [1.54, 1.807) is 0 Å². The zero-order valence-electron chi connectivity index (χ0n) is 10.7. The molecular weight excluding hydrogens is 286 g/mol. The lowest BCUT2D eigenvalue weighted by atomic mass is 10.3. The van der Waals surface area contributed by atoms with Crippen LogP contribution in [0.4, 0.5) is 11.4 Å². The van der Waals surface area contributed by atoms with Gasteiger partial charge in [-0.25, -0.2) is 0 Å². The molecule has 0 unspecified atom stereocenters. The highest BCUT2D eigenvalue weighted by molar-refractivity contribution is 6.40. The lowest BCUT2D eigenvalue weighted by molar-refractivity contribution is -0.136. The second-order valence-corrected chi connectivity index (χ2v) is 4.19. The largest absolute Gasteiger partial charge is 0.398 e. The predicted octanol–water partition coefficient (Wildman–Crippen LogP) is -0.0142. The van der Waals surface area contributed by atoms with Gasteiger partial charge >= 0.3 is 11.8 Å². The molecule has 0 bridgehead atoms. The molecule has 0 aliphatic heterocycles. The number of rotatable bonds is 6. The zero-order valence-corrected chi connectivity index (χ0v) is 11.4. The summed E-state index contributed by atoms with van der Waals surface area (Å²) in [7, 11) is 0. The van der Waals surface area contributed by atoms with Gasteiger partial charge in [-0.05, 0) is 18.2 Å². The van der Waals surface area contributed by atoms with Crippen molar-refractivity contribution in [2.75, 3.05) is 37.4 Å². The number of carbonyl (C=O) groups excluding carboxylic acids is 2. The van der Waals surface area contributed by atoms with Crippen LogP contribution in [0.25, 0.3) is 0 Å². The van der Waals surface area contributed by atoms with Crippen molar-refractivity contribution in [1.82, 2.24) is 5.32 Å². The highest BCUT2D eigenvalue weighted by atomic mass is 35.5. The molecule has 7 nitrogen and oxygen atoms in total. The summed E-state index contributed by atoms with van der Waals surface area (Å²) in [6.07, 6.45) is 0. The number of nitrogen functional groups attached to an aromatic ring is 1. The van der Waals surface area contributed by atoms with Crippen molar-refractivity contribution in [1.29, 1.82) is 0 Å². The monoisotopic (exact) mass is 301 g/mol. The topological polar surface area (TPSA) is 114 Å². The fourth-order valence-corrected chi connectivity index (χ4v) is 1.46. The Hall–Kier alpha value is -1.83. The Bertz CT molecular complexity index is 482. The maximum absolute atomic E-state index is 11.6. The van der Waals surface area contributed by atoms with Crippen molar-refractivity contribution in [2.24, 2.45) is 0 Å². The van der Waals surface area contributed by atoms with Gasteiger partial charge in [0.15, 0.2) is 0 Å². The molecule has 0 aromatic heterocycles. The zero-order chi connectivity index (χ0) is 15.0. The summed E-state index contributed by atoms with van der Waals surface area (Å²) >= 11 is 5.80. The van der Waals surface area contributed by atoms with Crippen LogP contribution in [0.5, 0.6) is 0 Å². The molecule has 1 aromatic rings. The highest BCUT2D eigenvalue weighted by Crippen LogP contribution is 2.22. The molecule has 1 aromatic carbocycles.